The highest BCUT2D eigenvalue weighted by molar-refractivity contribution is 5.95. The first-order valence-corrected chi connectivity index (χ1v) is 18.9. The number of ether oxygens (including phenoxy) is 2. The summed E-state index contributed by atoms with van der Waals surface area (Å²) in [4.78, 5) is 77.0. The standard InChI is InChI=1S/C45H45N3O9/c1-30(2)40(27-38(49)13-7-9-15-43(51)47-28-36-12-5-4-10-34(36)20-21-35-11-6-8-14-41(35)47)44(52)46-31(3)42(50)26-32-16-18-33(19-17-32)29-56-45(53)57-39-24-22-37(23-25-39)48(54)55/h4-6,8,10-12,14,16-19,22-25,30-31,40H,7,9,13,15,26-29H2,1-3H3,(H,46,52)/t31-,40-/m0/s1. The molecule has 0 radical (unpaired) electrons. The highest BCUT2D eigenvalue weighted by Crippen LogP contribution is 2.27. The number of ketones is 2. The topological polar surface area (TPSA) is 162 Å². The molecule has 0 saturated carbocycles. The van der Waals surface area contributed by atoms with E-state index in [4.69, 9.17) is 9.47 Å². The van der Waals surface area contributed by atoms with E-state index in [2.05, 4.69) is 17.2 Å². The van der Waals surface area contributed by atoms with Gasteiger partial charge in [-0.25, -0.2) is 4.79 Å². The zero-order valence-corrected chi connectivity index (χ0v) is 32.2. The Balaban J connectivity index is 1.04. The lowest BCUT2D eigenvalue weighted by atomic mass is 9.88. The Bertz CT molecular complexity index is 2170. The van der Waals surface area contributed by atoms with E-state index in [1.54, 1.807) is 36.1 Å². The predicted molar refractivity (Wildman–Crippen MR) is 213 cm³/mol. The van der Waals surface area contributed by atoms with Gasteiger partial charge in [0.15, 0.2) is 5.78 Å². The van der Waals surface area contributed by atoms with Crippen LogP contribution >= 0.6 is 0 Å². The molecule has 4 aromatic carbocycles. The first kappa shape index (κ1) is 41.6. The zero-order valence-electron chi connectivity index (χ0n) is 32.2. The Hall–Kier alpha value is -6.61. The molecule has 0 unspecified atom stereocenters. The van der Waals surface area contributed by atoms with Crippen molar-refractivity contribution in [2.75, 3.05) is 4.90 Å². The lowest BCUT2D eigenvalue weighted by Gasteiger charge is -2.26. The molecule has 0 fully saturated rings. The molecule has 2 atom stereocenters. The number of benzene rings is 4. The fourth-order valence-electron chi connectivity index (χ4n) is 6.33. The molecule has 0 bridgehead atoms. The fraction of sp³-hybridized carbons (Fsp3) is 0.311. The highest BCUT2D eigenvalue weighted by atomic mass is 16.7. The lowest BCUT2D eigenvalue weighted by molar-refractivity contribution is -0.384. The molecule has 4 aromatic rings. The largest absolute Gasteiger partial charge is 0.514 e. The highest BCUT2D eigenvalue weighted by Gasteiger charge is 2.28. The van der Waals surface area contributed by atoms with Gasteiger partial charge in [-0.2, -0.15) is 0 Å². The molecule has 1 aliphatic heterocycles. The second-order valence-corrected chi connectivity index (χ2v) is 14.3. The van der Waals surface area contributed by atoms with Gasteiger partial charge in [0.25, 0.3) is 5.69 Å². The van der Waals surface area contributed by atoms with Gasteiger partial charge >= 0.3 is 6.16 Å². The number of carbonyl (C=O) groups is 5. The number of nitrogens with zero attached hydrogens (tertiary/aromatic N) is 2. The van der Waals surface area contributed by atoms with Crippen molar-refractivity contribution in [1.29, 1.82) is 0 Å². The van der Waals surface area contributed by atoms with Gasteiger partial charge in [0, 0.05) is 54.9 Å². The third-order valence-corrected chi connectivity index (χ3v) is 9.71. The number of nitro groups is 1. The monoisotopic (exact) mass is 771 g/mol. The van der Waals surface area contributed by atoms with Gasteiger partial charge in [-0.15, -0.1) is 0 Å². The second-order valence-electron chi connectivity index (χ2n) is 14.3. The van der Waals surface area contributed by atoms with E-state index < -0.39 is 23.0 Å². The van der Waals surface area contributed by atoms with Crippen LogP contribution in [0.15, 0.2) is 97.1 Å². The molecule has 294 valence electrons. The normalized spacial score (nSPS) is 12.7. The van der Waals surface area contributed by atoms with Crippen molar-refractivity contribution in [2.45, 2.75) is 78.5 Å². The third kappa shape index (κ3) is 11.9. The van der Waals surface area contributed by atoms with Crippen molar-refractivity contribution >= 4 is 40.9 Å². The van der Waals surface area contributed by atoms with Crippen LogP contribution in [0.1, 0.15) is 80.7 Å². The summed E-state index contributed by atoms with van der Waals surface area (Å²) >= 11 is 0. The number of rotatable bonds is 17. The maximum absolute atomic E-state index is 13.5. The molecule has 5 rings (SSSR count). The van der Waals surface area contributed by atoms with Crippen molar-refractivity contribution in [3.05, 3.63) is 135 Å². The Labute approximate surface area is 331 Å². The summed E-state index contributed by atoms with van der Waals surface area (Å²) < 4.78 is 10.1. The van der Waals surface area contributed by atoms with Gasteiger partial charge in [-0.3, -0.25) is 29.3 Å². The van der Waals surface area contributed by atoms with Crippen LogP contribution in [0.3, 0.4) is 0 Å². The van der Waals surface area contributed by atoms with E-state index in [-0.39, 0.29) is 73.0 Å². The minimum absolute atomic E-state index is 0.0399. The SMILES string of the molecule is CC(C)[C@H](CC(=O)CCCCC(=O)N1Cc2ccccc2C#Cc2ccccc21)C(=O)N[C@@H](C)C(=O)Cc1ccc(COC(=O)Oc2ccc([N+](=O)[O-])cc2)cc1. The molecule has 57 heavy (non-hydrogen) atoms. The van der Waals surface area contributed by atoms with E-state index in [1.807, 2.05) is 62.4 Å². The van der Waals surface area contributed by atoms with Gasteiger partial charge in [0.05, 0.1) is 23.2 Å². The molecule has 0 aromatic heterocycles. The molecule has 0 saturated heterocycles. The molecule has 1 aliphatic rings. The first-order chi connectivity index (χ1) is 27.4. The first-order valence-electron chi connectivity index (χ1n) is 18.9. The van der Waals surface area contributed by atoms with Crippen LogP contribution < -0.4 is 15.0 Å². The molecule has 2 amide bonds. The van der Waals surface area contributed by atoms with Gasteiger partial charge in [-0.05, 0) is 72.7 Å². The number of nitrogens with one attached hydrogen (secondary N) is 1. The second kappa shape index (κ2) is 19.8. The number of fused-ring (bicyclic) bond motifs is 2. The minimum atomic E-state index is -0.977. The summed E-state index contributed by atoms with van der Waals surface area (Å²) in [7, 11) is 0. The van der Waals surface area contributed by atoms with Crippen molar-refractivity contribution in [3.8, 4) is 17.6 Å². The number of non-ortho nitro benzene ring substituents is 1. The number of unbranched alkanes of at least 4 members (excludes halogenated alkanes) is 1. The van der Waals surface area contributed by atoms with Crippen LogP contribution in [0.2, 0.25) is 0 Å². The summed E-state index contributed by atoms with van der Waals surface area (Å²) in [5.41, 5.74) is 4.62. The van der Waals surface area contributed by atoms with E-state index in [0.29, 0.717) is 30.5 Å². The predicted octanol–water partition coefficient (Wildman–Crippen LogP) is 7.67. The number of anilines is 1. The van der Waals surface area contributed by atoms with Crippen LogP contribution in [-0.4, -0.2) is 40.5 Å². The van der Waals surface area contributed by atoms with Gasteiger partial charge in [0.1, 0.15) is 18.1 Å². The van der Waals surface area contributed by atoms with Crippen molar-refractivity contribution in [2.24, 2.45) is 11.8 Å². The average molecular weight is 772 g/mol. The van der Waals surface area contributed by atoms with Gasteiger partial charge in [0.2, 0.25) is 11.8 Å². The van der Waals surface area contributed by atoms with Crippen LogP contribution in [0, 0.1) is 33.8 Å². The maximum Gasteiger partial charge on any atom is 0.514 e. The lowest BCUT2D eigenvalue weighted by Crippen LogP contribution is -2.44. The molecule has 1 N–H and O–H groups in total. The van der Waals surface area contributed by atoms with Crippen molar-refractivity contribution in [1.82, 2.24) is 5.32 Å². The fourth-order valence-corrected chi connectivity index (χ4v) is 6.33. The number of nitro benzene ring substituents is 1. The van der Waals surface area contributed by atoms with Crippen molar-refractivity contribution in [3.63, 3.8) is 0 Å². The summed E-state index contributed by atoms with van der Waals surface area (Å²) in [5.74, 6) is 5.08. The number of para-hydroxylation sites is 1. The average Bonchev–Trinajstić information content (AvgIpc) is 3.19. The number of amides is 2. The molecule has 0 aliphatic carbocycles. The van der Waals surface area contributed by atoms with Crippen LogP contribution in [0.4, 0.5) is 16.2 Å². The Morgan fingerprint density at radius 1 is 0.807 bits per heavy atom. The van der Waals surface area contributed by atoms with Crippen molar-refractivity contribution < 1.29 is 38.4 Å². The van der Waals surface area contributed by atoms with E-state index in [9.17, 15) is 34.1 Å². The third-order valence-electron chi connectivity index (χ3n) is 9.71. The molecular weight excluding hydrogens is 727 g/mol. The summed E-state index contributed by atoms with van der Waals surface area (Å²) in [6.07, 6.45) is 0.651. The smallest absolute Gasteiger partial charge is 0.429 e. The van der Waals surface area contributed by atoms with Crippen LogP contribution in [0.25, 0.3) is 0 Å². The zero-order chi connectivity index (χ0) is 40.9. The Morgan fingerprint density at radius 2 is 1.44 bits per heavy atom. The van der Waals surface area contributed by atoms with Crippen LogP contribution in [0.5, 0.6) is 5.75 Å². The number of hydrogen-bond donors (Lipinski definition) is 1. The van der Waals surface area contributed by atoms with Crippen LogP contribution in [-0.2, 0) is 43.5 Å². The Morgan fingerprint density at radius 3 is 2.14 bits per heavy atom. The Kier molecular flexibility index (Phi) is 14.4. The minimum Gasteiger partial charge on any atom is -0.429 e. The van der Waals surface area contributed by atoms with Gasteiger partial charge < -0.3 is 19.7 Å². The quantitative estimate of drug-likeness (QED) is 0.0284. The summed E-state index contributed by atoms with van der Waals surface area (Å²) in [6.45, 7) is 5.66. The molecular formula is C45H45N3O9. The molecule has 1 heterocycles. The summed E-state index contributed by atoms with van der Waals surface area (Å²) in [6, 6.07) is 26.4. The molecule has 12 heteroatoms. The van der Waals surface area contributed by atoms with E-state index in [0.717, 1.165) is 22.4 Å². The summed E-state index contributed by atoms with van der Waals surface area (Å²) in [5, 5.41) is 13.6. The molecule has 12 nitrogen and oxygen atoms in total. The van der Waals surface area contributed by atoms with Gasteiger partial charge in [-0.1, -0.05) is 80.3 Å². The molecule has 0 spiro atoms. The maximum atomic E-state index is 13.5. The number of carbonyl (C=O) groups excluding carboxylic acids is 5. The van der Waals surface area contributed by atoms with E-state index in [1.165, 1.54) is 24.3 Å². The number of hydrogen-bond acceptors (Lipinski definition) is 9. The van der Waals surface area contributed by atoms with E-state index >= 15 is 0 Å². The number of Topliss-reactive ketones (excluding diaryl/α,β-unsaturated/α-hetero) is 2.